The van der Waals surface area contributed by atoms with Gasteiger partial charge in [0.1, 0.15) is 6.10 Å². The predicted octanol–water partition coefficient (Wildman–Crippen LogP) is 3.48. The average Bonchev–Trinajstić information content (AvgIpc) is 3.09. The van der Waals surface area contributed by atoms with Gasteiger partial charge in [-0.05, 0) is 43.9 Å². The summed E-state index contributed by atoms with van der Waals surface area (Å²) in [7, 11) is 0. The minimum atomic E-state index is -0.445. The highest BCUT2D eigenvalue weighted by atomic mass is 16.6. The molecular weight excluding hydrogens is 288 g/mol. The molecule has 1 aromatic rings. The van der Waals surface area contributed by atoms with E-state index in [0.29, 0.717) is 11.8 Å². The Balaban J connectivity index is 1.63. The Hall–Kier alpha value is -1.55. The lowest BCUT2D eigenvalue weighted by Gasteiger charge is -2.29. The first-order chi connectivity index (χ1) is 10.8. The zero-order valence-electron chi connectivity index (χ0n) is 14.6. The Labute approximate surface area is 139 Å². The Bertz CT molecular complexity index is 582. The summed E-state index contributed by atoms with van der Waals surface area (Å²) in [6, 6.07) is 8.43. The molecule has 0 aromatic heterocycles. The van der Waals surface area contributed by atoms with Crippen LogP contribution in [0.2, 0.25) is 0 Å². The fourth-order valence-electron chi connectivity index (χ4n) is 3.65. The number of hydrogen-bond acceptors (Lipinski definition) is 3. The molecule has 4 heteroatoms. The van der Waals surface area contributed by atoms with E-state index in [4.69, 9.17) is 4.74 Å². The second kappa shape index (κ2) is 6.16. The van der Waals surface area contributed by atoms with Gasteiger partial charge in [0, 0.05) is 19.0 Å². The first-order valence-electron chi connectivity index (χ1n) is 8.67. The minimum Gasteiger partial charge on any atom is -0.445 e. The molecule has 2 aliphatic heterocycles. The number of piperidine rings is 1. The van der Waals surface area contributed by atoms with Gasteiger partial charge in [-0.3, -0.25) is 4.90 Å². The van der Waals surface area contributed by atoms with Crippen LogP contribution in [0.15, 0.2) is 24.3 Å². The van der Waals surface area contributed by atoms with Crippen molar-refractivity contribution in [2.24, 2.45) is 5.92 Å². The quantitative estimate of drug-likeness (QED) is 0.924. The summed E-state index contributed by atoms with van der Waals surface area (Å²) in [5.41, 5.74) is 1.95. The third-order valence-corrected chi connectivity index (χ3v) is 5.22. The molecule has 2 fully saturated rings. The van der Waals surface area contributed by atoms with E-state index in [2.05, 4.69) is 48.3 Å². The van der Waals surface area contributed by atoms with Crippen LogP contribution in [0.1, 0.15) is 51.2 Å². The van der Waals surface area contributed by atoms with Crippen LogP contribution in [0.5, 0.6) is 0 Å². The molecule has 1 unspecified atom stereocenters. The van der Waals surface area contributed by atoms with Crippen molar-refractivity contribution < 1.29 is 9.53 Å². The Kier molecular flexibility index (Phi) is 4.37. The van der Waals surface area contributed by atoms with E-state index >= 15 is 0 Å². The summed E-state index contributed by atoms with van der Waals surface area (Å²) < 4.78 is 5.69. The lowest BCUT2D eigenvalue weighted by Crippen LogP contribution is -2.44. The number of carbonyl (C=O) groups excluding carboxylic acids is 1. The smallest absolute Gasteiger partial charge is 0.408 e. The molecule has 2 bridgehead atoms. The van der Waals surface area contributed by atoms with Gasteiger partial charge in [0.25, 0.3) is 0 Å². The number of nitrogens with zero attached hydrogens (tertiary/aromatic N) is 1. The lowest BCUT2D eigenvalue weighted by atomic mass is 9.90. The van der Waals surface area contributed by atoms with Crippen LogP contribution in [0.3, 0.4) is 0 Å². The minimum absolute atomic E-state index is 0.0570. The summed E-state index contributed by atoms with van der Waals surface area (Å²) in [5.74, 6) is 0.994. The van der Waals surface area contributed by atoms with Crippen molar-refractivity contribution in [1.82, 2.24) is 10.2 Å². The molecule has 2 aliphatic rings. The summed E-state index contributed by atoms with van der Waals surface area (Å²) in [6.45, 7) is 11.5. The van der Waals surface area contributed by atoms with E-state index in [0.717, 1.165) is 31.6 Å². The van der Waals surface area contributed by atoms with Crippen molar-refractivity contribution in [3.05, 3.63) is 35.4 Å². The average molecular weight is 316 g/mol. The van der Waals surface area contributed by atoms with E-state index in [-0.39, 0.29) is 12.2 Å². The lowest BCUT2D eigenvalue weighted by molar-refractivity contribution is 0.0629. The molecule has 1 amide bonds. The van der Waals surface area contributed by atoms with Crippen molar-refractivity contribution in [2.45, 2.75) is 51.7 Å². The van der Waals surface area contributed by atoms with Gasteiger partial charge in [0.15, 0.2) is 0 Å². The summed E-state index contributed by atoms with van der Waals surface area (Å²) in [4.78, 5) is 14.7. The van der Waals surface area contributed by atoms with E-state index in [9.17, 15) is 4.79 Å². The van der Waals surface area contributed by atoms with Crippen molar-refractivity contribution in [1.29, 1.82) is 0 Å². The SMILES string of the molecule is CC(C)c1cccc(C(C)(C)NC(=O)O[C@@H]2CN3CC[C@H]2C3)c1. The second-order valence-electron chi connectivity index (χ2n) is 7.78. The molecule has 1 aromatic carbocycles. The van der Waals surface area contributed by atoms with Gasteiger partial charge in [-0.1, -0.05) is 38.1 Å². The number of amides is 1. The molecule has 0 aliphatic carbocycles. The summed E-state index contributed by atoms with van der Waals surface area (Å²) >= 11 is 0. The van der Waals surface area contributed by atoms with Crippen LogP contribution in [0.25, 0.3) is 0 Å². The largest absolute Gasteiger partial charge is 0.445 e. The zero-order chi connectivity index (χ0) is 16.6. The van der Waals surface area contributed by atoms with Gasteiger partial charge in [-0.25, -0.2) is 4.79 Å². The highest BCUT2D eigenvalue weighted by Gasteiger charge is 2.40. The fourth-order valence-corrected chi connectivity index (χ4v) is 3.65. The molecule has 0 radical (unpaired) electrons. The first kappa shape index (κ1) is 16.3. The number of hydrogen-bond donors (Lipinski definition) is 1. The van der Waals surface area contributed by atoms with Gasteiger partial charge in [-0.15, -0.1) is 0 Å². The van der Waals surface area contributed by atoms with E-state index < -0.39 is 5.54 Å². The van der Waals surface area contributed by atoms with Crippen LogP contribution in [0.4, 0.5) is 4.79 Å². The van der Waals surface area contributed by atoms with Gasteiger partial charge in [-0.2, -0.15) is 0 Å². The van der Waals surface area contributed by atoms with Gasteiger partial charge >= 0.3 is 6.09 Å². The maximum absolute atomic E-state index is 12.3. The molecular formula is C19H28N2O2. The first-order valence-corrected chi connectivity index (χ1v) is 8.67. The number of fused-ring (bicyclic) bond motifs is 2. The molecule has 1 N–H and O–H groups in total. The summed E-state index contributed by atoms with van der Waals surface area (Å²) in [5, 5.41) is 3.05. The molecule has 3 rings (SSSR count). The van der Waals surface area contributed by atoms with Crippen molar-refractivity contribution in [3.8, 4) is 0 Å². The molecule has 23 heavy (non-hydrogen) atoms. The maximum Gasteiger partial charge on any atom is 0.408 e. The van der Waals surface area contributed by atoms with E-state index in [1.165, 1.54) is 5.56 Å². The molecule has 4 nitrogen and oxygen atoms in total. The number of alkyl carbamates (subject to hydrolysis) is 1. The molecule has 0 saturated carbocycles. The molecule has 0 spiro atoms. The highest BCUT2D eigenvalue weighted by molar-refractivity contribution is 5.69. The van der Waals surface area contributed by atoms with Crippen LogP contribution >= 0.6 is 0 Å². The highest BCUT2D eigenvalue weighted by Crippen LogP contribution is 2.30. The van der Waals surface area contributed by atoms with Crippen molar-refractivity contribution in [3.63, 3.8) is 0 Å². The number of ether oxygens (including phenoxy) is 1. The molecule has 126 valence electrons. The Morgan fingerprint density at radius 3 is 2.74 bits per heavy atom. The number of benzene rings is 1. The van der Waals surface area contributed by atoms with Crippen molar-refractivity contribution in [2.75, 3.05) is 19.6 Å². The van der Waals surface area contributed by atoms with E-state index in [1.807, 2.05) is 13.8 Å². The predicted molar refractivity (Wildman–Crippen MR) is 91.5 cm³/mol. The second-order valence-corrected chi connectivity index (χ2v) is 7.78. The zero-order valence-corrected chi connectivity index (χ0v) is 14.6. The van der Waals surface area contributed by atoms with E-state index in [1.54, 1.807) is 0 Å². The normalized spacial score (nSPS) is 26.6. The Morgan fingerprint density at radius 1 is 1.35 bits per heavy atom. The van der Waals surface area contributed by atoms with Gasteiger partial charge in [0.05, 0.1) is 5.54 Å². The molecule has 2 saturated heterocycles. The Morgan fingerprint density at radius 2 is 2.13 bits per heavy atom. The third-order valence-electron chi connectivity index (χ3n) is 5.22. The summed E-state index contributed by atoms with van der Waals surface area (Å²) in [6.07, 6.45) is 0.905. The number of nitrogens with one attached hydrogen (secondary N) is 1. The fraction of sp³-hybridized carbons (Fsp3) is 0.632. The molecule has 3 atom stereocenters. The van der Waals surface area contributed by atoms with Crippen LogP contribution in [-0.2, 0) is 10.3 Å². The van der Waals surface area contributed by atoms with Crippen LogP contribution in [0, 0.1) is 5.92 Å². The number of rotatable bonds is 4. The van der Waals surface area contributed by atoms with Gasteiger partial charge in [0.2, 0.25) is 0 Å². The van der Waals surface area contributed by atoms with Crippen molar-refractivity contribution >= 4 is 6.09 Å². The third kappa shape index (κ3) is 3.52. The van der Waals surface area contributed by atoms with Crippen LogP contribution in [-0.4, -0.2) is 36.7 Å². The van der Waals surface area contributed by atoms with Crippen LogP contribution < -0.4 is 5.32 Å². The topological polar surface area (TPSA) is 41.6 Å². The molecule has 2 heterocycles. The monoisotopic (exact) mass is 316 g/mol. The number of carbonyl (C=O) groups is 1. The maximum atomic E-state index is 12.3. The van der Waals surface area contributed by atoms with Gasteiger partial charge < -0.3 is 10.1 Å². The standard InChI is InChI=1S/C19H28N2O2/c1-13(2)14-6-5-7-16(10-14)19(3,4)20-18(22)23-17-12-21-9-8-15(17)11-21/h5-7,10,13,15,17H,8-9,11-12H2,1-4H3,(H,20,22)/t15-,17+/m0/s1.